The molecule has 1 N–H and O–H groups in total. The minimum Gasteiger partial charge on any atom is -0.497 e. The molecule has 12 nitrogen and oxygen atoms in total. The van der Waals surface area contributed by atoms with Crippen LogP contribution in [-0.4, -0.2) is 43.4 Å². The van der Waals surface area contributed by atoms with Gasteiger partial charge in [0.05, 0.1) is 26.9 Å². The van der Waals surface area contributed by atoms with Crippen molar-refractivity contribution in [2.24, 2.45) is 0 Å². The number of rotatable bonds is 4. The van der Waals surface area contributed by atoms with Crippen molar-refractivity contribution >= 4 is 17.1 Å². The number of aromatic nitrogens is 1. The Morgan fingerprint density at radius 2 is 1.71 bits per heavy atom. The Morgan fingerprint density at radius 3 is 2.11 bits per heavy atom. The third-order valence-corrected chi connectivity index (χ3v) is 4.25. The SMILES string of the molecule is CN1CCC[C@H]1c1cccnc1.O=[N+]([O-])c1cc([N+](=O)[O-])c(O)c([N+](=O)[O-])c1. The van der Waals surface area contributed by atoms with E-state index >= 15 is 0 Å². The van der Waals surface area contributed by atoms with E-state index < -0.39 is 37.6 Å². The summed E-state index contributed by atoms with van der Waals surface area (Å²) in [4.78, 5) is 34.3. The van der Waals surface area contributed by atoms with Crippen LogP contribution in [0.1, 0.15) is 24.4 Å². The summed E-state index contributed by atoms with van der Waals surface area (Å²) in [5.74, 6) is -1.21. The van der Waals surface area contributed by atoms with Gasteiger partial charge in [0.25, 0.3) is 11.4 Å². The van der Waals surface area contributed by atoms with E-state index in [4.69, 9.17) is 5.11 Å². The topological polar surface area (TPSA) is 166 Å². The number of hydrogen-bond acceptors (Lipinski definition) is 9. The summed E-state index contributed by atoms with van der Waals surface area (Å²) in [6, 6.07) is 5.68. The van der Waals surface area contributed by atoms with E-state index in [9.17, 15) is 30.3 Å². The van der Waals surface area contributed by atoms with Crippen molar-refractivity contribution in [2.45, 2.75) is 18.9 Å². The number of benzene rings is 1. The molecule has 2 heterocycles. The molecule has 12 heteroatoms. The molecule has 0 spiro atoms. The molecule has 0 unspecified atom stereocenters. The van der Waals surface area contributed by atoms with Crippen LogP contribution < -0.4 is 0 Å². The third-order valence-electron chi connectivity index (χ3n) is 4.25. The number of hydrogen-bond donors (Lipinski definition) is 1. The largest absolute Gasteiger partial charge is 0.497 e. The second-order valence-electron chi connectivity index (χ2n) is 6.03. The van der Waals surface area contributed by atoms with Crippen molar-refractivity contribution in [3.8, 4) is 5.75 Å². The molecular weight excluding hydrogens is 374 g/mol. The summed E-state index contributed by atoms with van der Waals surface area (Å²) in [6.07, 6.45) is 6.41. The number of phenolic OH excluding ortho intramolecular Hbond substituents is 1. The number of nitro groups is 3. The molecule has 0 aliphatic carbocycles. The smallest absolute Gasteiger partial charge is 0.324 e. The molecule has 1 aliphatic heterocycles. The van der Waals surface area contributed by atoms with Crippen LogP contribution in [0.3, 0.4) is 0 Å². The normalized spacial score (nSPS) is 16.1. The van der Waals surface area contributed by atoms with Crippen LogP contribution in [0.25, 0.3) is 0 Å². The highest BCUT2D eigenvalue weighted by atomic mass is 16.6. The van der Waals surface area contributed by atoms with Crippen LogP contribution in [0.2, 0.25) is 0 Å². The molecule has 0 bridgehead atoms. The Labute approximate surface area is 158 Å². The second-order valence-corrected chi connectivity index (χ2v) is 6.03. The van der Waals surface area contributed by atoms with E-state index in [1.165, 1.54) is 24.9 Å². The van der Waals surface area contributed by atoms with Gasteiger partial charge in [-0.25, -0.2) is 0 Å². The Hall–Kier alpha value is -3.67. The minimum absolute atomic E-state index is 0.447. The number of nitro benzene ring substituents is 3. The van der Waals surface area contributed by atoms with Crippen molar-refractivity contribution in [1.29, 1.82) is 0 Å². The summed E-state index contributed by atoms with van der Waals surface area (Å²) in [6.45, 7) is 1.22. The molecule has 1 aromatic carbocycles. The van der Waals surface area contributed by atoms with Gasteiger partial charge in [0.1, 0.15) is 0 Å². The van der Waals surface area contributed by atoms with E-state index in [-0.39, 0.29) is 0 Å². The molecule has 2 aromatic rings. The average molecular weight is 391 g/mol. The summed E-state index contributed by atoms with van der Waals surface area (Å²) < 4.78 is 0. The van der Waals surface area contributed by atoms with E-state index in [0.29, 0.717) is 18.2 Å². The van der Waals surface area contributed by atoms with E-state index in [2.05, 4.69) is 23.0 Å². The van der Waals surface area contributed by atoms with Crippen LogP contribution in [0, 0.1) is 30.3 Å². The van der Waals surface area contributed by atoms with Gasteiger partial charge in [0.2, 0.25) is 0 Å². The van der Waals surface area contributed by atoms with Crippen LogP contribution >= 0.6 is 0 Å². The average Bonchev–Trinajstić information content (AvgIpc) is 3.08. The Balaban J connectivity index is 0.000000207. The molecule has 28 heavy (non-hydrogen) atoms. The molecule has 0 saturated carbocycles. The van der Waals surface area contributed by atoms with Gasteiger partial charge in [-0.2, -0.15) is 0 Å². The molecule has 1 aromatic heterocycles. The first kappa shape index (κ1) is 20.6. The first-order chi connectivity index (χ1) is 13.2. The second kappa shape index (κ2) is 8.81. The van der Waals surface area contributed by atoms with Crippen molar-refractivity contribution < 1.29 is 19.9 Å². The predicted octanol–water partition coefficient (Wildman–Crippen LogP) is 2.97. The first-order valence-corrected chi connectivity index (χ1v) is 8.12. The lowest BCUT2D eigenvalue weighted by Crippen LogP contribution is -2.17. The fraction of sp³-hybridized carbons (Fsp3) is 0.312. The number of non-ortho nitro benzene ring substituents is 1. The van der Waals surface area contributed by atoms with Crippen molar-refractivity contribution in [3.05, 3.63) is 72.6 Å². The van der Waals surface area contributed by atoms with Gasteiger partial charge in [-0.15, -0.1) is 0 Å². The number of pyridine rings is 1. The summed E-state index contributed by atoms with van der Waals surface area (Å²) in [5, 5.41) is 40.2. The van der Waals surface area contributed by atoms with Crippen LogP contribution in [0.5, 0.6) is 5.75 Å². The number of aromatic hydroxyl groups is 1. The fourth-order valence-corrected chi connectivity index (χ4v) is 2.88. The lowest BCUT2D eigenvalue weighted by molar-refractivity contribution is -0.404. The highest BCUT2D eigenvalue weighted by molar-refractivity contribution is 5.64. The fourth-order valence-electron chi connectivity index (χ4n) is 2.88. The van der Waals surface area contributed by atoms with Crippen LogP contribution in [0.15, 0.2) is 36.7 Å². The molecule has 1 aliphatic rings. The minimum atomic E-state index is -1.21. The molecule has 1 saturated heterocycles. The van der Waals surface area contributed by atoms with Crippen molar-refractivity contribution in [1.82, 2.24) is 9.88 Å². The Morgan fingerprint density at radius 1 is 1.11 bits per heavy atom. The molecule has 0 radical (unpaired) electrons. The zero-order valence-corrected chi connectivity index (χ0v) is 14.8. The Kier molecular flexibility index (Phi) is 6.50. The molecule has 148 valence electrons. The summed E-state index contributed by atoms with van der Waals surface area (Å²) in [5.41, 5.74) is -1.64. The maximum absolute atomic E-state index is 10.4. The predicted molar refractivity (Wildman–Crippen MR) is 96.9 cm³/mol. The van der Waals surface area contributed by atoms with Crippen molar-refractivity contribution in [3.63, 3.8) is 0 Å². The standard InChI is InChI=1S/C10H14N2.C6H3N3O7/c1-12-7-3-5-10(12)9-4-2-6-11-8-9;10-6-4(8(13)14)1-3(7(11)12)2-5(6)9(15)16/h2,4,6,8,10H,3,5,7H2,1H3;1-2,10H/t10-;/m0./s1. The van der Waals surface area contributed by atoms with Gasteiger partial charge in [-0.05, 0) is 38.1 Å². The zero-order valence-electron chi connectivity index (χ0n) is 14.8. The van der Waals surface area contributed by atoms with Gasteiger partial charge >= 0.3 is 11.4 Å². The monoisotopic (exact) mass is 391 g/mol. The van der Waals surface area contributed by atoms with Crippen molar-refractivity contribution in [2.75, 3.05) is 13.6 Å². The highest BCUT2D eigenvalue weighted by Gasteiger charge is 2.30. The number of likely N-dealkylation sites (tertiary alicyclic amines) is 1. The van der Waals surface area contributed by atoms with Gasteiger partial charge < -0.3 is 5.11 Å². The van der Waals surface area contributed by atoms with Gasteiger partial charge in [-0.1, -0.05) is 6.07 Å². The third kappa shape index (κ3) is 4.73. The molecule has 1 atom stereocenters. The van der Waals surface area contributed by atoms with Gasteiger partial charge in [0.15, 0.2) is 0 Å². The quantitative estimate of drug-likeness (QED) is 0.608. The molecule has 1 fully saturated rings. The van der Waals surface area contributed by atoms with Crippen LogP contribution in [0.4, 0.5) is 17.1 Å². The molecule has 0 amide bonds. The lowest BCUT2D eigenvalue weighted by Gasteiger charge is -2.18. The van der Waals surface area contributed by atoms with Crippen LogP contribution in [-0.2, 0) is 0 Å². The summed E-state index contributed by atoms with van der Waals surface area (Å²) >= 11 is 0. The number of phenols is 1. The summed E-state index contributed by atoms with van der Waals surface area (Å²) in [7, 11) is 2.19. The maximum Gasteiger partial charge on any atom is 0.324 e. The lowest BCUT2D eigenvalue weighted by atomic mass is 10.1. The Bertz CT molecular complexity index is 855. The van der Waals surface area contributed by atoms with E-state index in [0.717, 1.165) is 0 Å². The van der Waals surface area contributed by atoms with E-state index in [1.54, 1.807) is 0 Å². The first-order valence-electron chi connectivity index (χ1n) is 8.12. The zero-order chi connectivity index (χ0) is 20.8. The highest BCUT2D eigenvalue weighted by Crippen LogP contribution is 2.39. The van der Waals surface area contributed by atoms with Gasteiger partial charge in [0, 0.05) is 18.4 Å². The molecular formula is C16H17N5O7. The maximum atomic E-state index is 10.4. The van der Waals surface area contributed by atoms with Gasteiger partial charge in [-0.3, -0.25) is 40.2 Å². The number of nitrogens with zero attached hydrogens (tertiary/aromatic N) is 5. The molecule has 3 rings (SSSR count). The van der Waals surface area contributed by atoms with E-state index in [1.807, 2.05) is 18.5 Å².